The van der Waals surface area contributed by atoms with Crippen molar-refractivity contribution < 1.29 is 9.13 Å². The molecular formula is C71H49FN2O. The van der Waals surface area contributed by atoms with Crippen LogP contribution >= 0.6 is 0 Å². The van der Waals surface area contributed by atoms with E-state index in [0.717, 1.165) is 101 Å². The Morgan fingerprint density at radius 1 is 0.400 bits per heavy atom. The van der Waals surface area contributed by atoms with Crippen molar-refractivity contribution >= 4 is 51.0 Å². The van der Waals surface area contributed by atoms with E-state index in [4.69, 9.17) is 4.74 Å². The lowest BCUT2D eigenvalue weighted by molar-refractivity contribution is 0.482. The molecular weight excluding hydrogens is 916 g/mol. The van der Waals surface area contributed by atoms with Crippen LogP contribution in [-0.4, -0.2) is 4.57 Å². The number of halogens is 1. The summed E-state index contributed by atoms with van der Waals surface area (Å²) in [5, 5.41) is 2.36. The lowest BCUT2D eigenvalue weighted by Gasteiger charge is -2.35. The molecule has 1 heterocycles. The molecule has 0 amide bonds. The number of para-hydroxylation sites is 1. The zero-order valence-electron chi connectivity index (χ0n) is 41.1. The number of nitrogens with zero attached hydrogens (tertiary/aromatic N) is 2. The summed E-state index contributed by atoms with van der Waals surface area (Å²) in [5.74, 6) is 1.22. The summed E-state index contributed by atoms with van der Waals surface area (Å²) in [6.07, 6.45) is 3.70. The Kier molecular flexibility index (Phi) is 11.2. The number of fused-ring (bicyclic) bond motifs is 6. The van der Waals surface area contributed by atoms with Crippen LogP contribution in [0.15, 0.2) is 274 Å². The van der Waals surface area contributed by atoms with Crippen LogP contribution in [0.1, 0.15) is 33.4 Å². The minimum Gasteiger partial charge on any atom is -0.457 e. The molecule has 11 aromatic carbocycles. The Labute approximate surface area is 436 Å². The van der Waals surface area contributed by atoms with Gasteiger partial charge in [-0.05, 0) is 176 Å². The average Bonchev–Trinajstić information content (AvgIpc) is 3.97. The molecule has 4 heteroatoms. The van der Waals surface area contributed by atoms with Gasteiger partial charge < -0.3 is 14.2 Å². The highest BCUT2D eigenvalue weighted by molar-refractivity contribution is 6.11. The Morgan fingerprint density at radius 2 is 0.867 bits per heavy atom. The lowest BCUT2D eigenvalue weighted by Crippen LogP contribution is -2.28. The van der Waals surface area contributed by atoms with Crippen LogP contribution in [0.4, 0.5) is 21.5 Å². The molecule has 1 atom stereocenters. The van der Waals surface area contributed by atoms with Crippen molar-refractivity contribution in [3.63, 3.8) is 0 Å². The van der Waals surface area contributed by atoms with Gasteiger partial charge in [-0.2, -0.15) is 0 Å². The Hall–Kier alpha value is -9.77. The number of hydrogen-bond acceptors (Lipinski definition) is 2. The van der Waals surface area contributed by atoms with Crippen molar-refractivity contribution in [2.24, 2.45) is 0 Å². The third-order valence-corrected chi connectivity index (χ3v) is 14.9. The molecule has 0 N–H and O–H groups in total. The summed E-state index contributed by atoms with van der Waals surface area (Å²) in [6.45, 7) is 7.84. The van der Waals surface area contributed by atoms with Gasteiger partial charge in [-0.15, -0.1) is 0 Å². The van der Waals surface area contributed by atoms with Gasteiger partial charge in [-0.3, -0.25) is 0 Å². The second-order valence-electron chi connectivity index (χ2n) is 19.1. The Balaban J connectivity index is 0.923. The van der Waals surface area contributed by atoms with Crippen molar-refractivity contribution in [1.82, 2.24) is 4.57 Å². The van der Waals surface area contributed by atoms with Crippen molar-refractivity contribution in [2.75, 3.05) is 4.90 Å². The maximum Gasteiger partial charge on any atom is 0.127 e. The molecule has 0 saturated heterocycles. The maximum atomic E-state index is 14.8. The molecule has 1 aliphatic carbocycles. The van der Waals surface area contributed by atoms with E-state index in [0.29, 0.717) is 0 Å². The maximum absolute atomic E-state index is 14.8. The second-order valence-corrected chi connectivity index (χ2v) is 19.1. The molecule has 356 valence electrons. The van der Waals surface area contributed by atoms with Gasteiger partial charge in [0, 0.05) is 33.5 Å². The third-order valence-electron chi connectivity index (χ3n) is 14.9. The van der Waals surface area contributed by atoms with Gasteiger partial charge in [0.05, 0.1) is 16.4 Å². The average molecular weight is 965 g/mol. The first-order chi connectivity index (χ1) is 37.0. The zero-order valence-corrected chi connectivity index (χ0v) is 41.1. The van der Waals surface area contributed by atoms with Crippen LogP contribution in [0.3, 0.4) is 0 Å². The van der Waals surface area contributed by atoms with E-state index in [2.05, 4.69) is 235 Å². The van der Waals surface area contributed by atoms with Gasteiger partial charge in [0.15, 0.2) is 0 Å². The van der Waals surface area contributed by atoms with E-state index in [-0.39, 0.29) is 5.82 Å². The molecule has 75 heavy (non-hydrogen) atoms. The van der Waals surface area contributed by atoms with Gasteiger partial charge in [0.1, 0.15) is 17.3 Å². The molecule has 1 unspecified atom stereocenters. The van der Waals surface area contributed by atoms with Gasteiger partial charge in [-0.25, -0.2) is 4.39 Å². The predicted octanol–water partition coefficient (Wildman–Crippen LogP) is 19.2. The molecule has 0 fully saturated rings. The fourth-order valence-corrected chi connectivity index (χ4v) is 11.4. The Morgan fingerprint density at radius 3 is 1.47 bits per heavy atom. The highest BCUT2D eigenvalue weighted by Crippen LogP contribution is 2.57. The minimum atomic E-state index is -0.676. The normalized spacial score (nSPS) is 13.6. The molecule has 0 bridgehead atoms. The van der Waals surface area contributed by atoms with Crippen LogP contribution in [0.5, 0.6) is 11.5 Å². The SMILES string of the molecule is C=Cc1ccc(Oc2ccc(C3(c4ccccc4)c4ccccc4-c4ccc(N(c5ccc(F)cc5)c5ccc(-c6ccc7c(c6)c6cc(-c8ccc(C=C)cc8)ccc6n7-c6ccccc6)cc5)cc43)cc2)cc1. The molecule has 1 aliphatic rings. The van der Waals surface area contributed by atoms with Crippen molar-refractivity contribution in [3.05, 3.63) is 313 Å². The smallest absolute Gasteiger partial charge is 0.127 e. The van der Waals surface area contributed by atoms with Crippen molar-refractivity contribution in [3.8, 4) is 50.6 Å². The zero-order chi connectivity index (χ0) is 50.5. The van der Waals surface area contributed by atoms with Crippen LogP contribution in [0.25, 0.3) is 73.0 Å². The number of anilines is 3. The van der Waals surface area contributed by atoms with E-state index in [1.165, 1.54) is 34.0 Å². The molecule has 0 aliphatic heterocycles. The fourth-order valence-electron chi connectivity index (χ4n) is 11.4. The van der Waals surface area contributed by atoms with Gasteiger partial charge in [-0.1, -0.05) is 177 Å². The number of ether oxygens (including phenoxy) is 1. The molecule has 13 rings (SSSR count). The van der Waals surface area contributed by atoms with Crippen molar-refractivity contribution in [2.45, 2.75) is 5.41 Å². The highest BCUT2D eigenvalue weighted by Gasteiger charge is 2.46. The quantitative estimate of drug-likeness (QED) is 0.121. The summed E-state index contributed by atoms with van der Waals surface area (Å²) < 4.78 is 23.5. The third kappa shape index (κ3) is 7.83. The molecule has 0 spiro atoms. The minimum absolute atomic E-state index is 0.288. The van der Waals surface area contributed by atoms with E-state index < -0.39 is 5.41 Å². The van der Waals surface area contributed by atoms with Crippen LogP contribution in [-0.2, 0) is 5.41 Å². The van der Waals surface area contributed by atoms with Gasteiger partial charge in [0.2, 0.25) is 0 Å². The monoisotopic (exact) mass is 964 g/mol. The standard InChI is InChI=1S/C71H49FN2O/c1-3-48-19-23-50(24-20-48)52-27-43-69-65(45-52)66-46-53(28-44-70(66)74(69)57-15-9-6-10-16-57)51-25-33-58(34-26-51)73(59-35-31-56(72)32-36-59)60-37-42-64-63-17-11-12-18-67(63)71(68(64)47-60,54-13-7-5-8-14-54)55-29-40-62(41-30-55)75-61-38-21-49(4-2)22-39-61/h3-47H,1-2H2. The summed E-state index contributed by atoms with van der Waals surface area (Å²) in [6, 6.07) is 91.1. The number of benzene rings is 11. The largest absolute Gasteiger partial charge is 0.457 e. The number of hydrogen-bond donors (Lipinski definition) is 0. The summed E-state index contributed by atoms with van der Waals surface area (Å²) in [5.41, 5.74) is 19.1. The topological polar surface area (TPSA) is 17.4 Å². The van der Waals surface area contributed by atoms with Gasteiger partial charge in [0.25, 0.3) is 0 Å². The first-order valence-electron chi connectivity index (χ1n) is 25.3. The molecule has 3 nitrogen and oxygen atoms in total. The second kappa shape index (κ2) is 18.7. The number of aromatic nitrogens is 1. The molecule has 12 aromatic rings. The van der Waals surface area contributed by atoms with Crippen LogP contribution in [0, 0.1) is 5.82 Å². The lowest BCUT2D eigenvalue weighted by atomic mass is 9.67. The summed E-state index contributed by atoms with van der Waals surface area (Å²) >= 11 is 0. The highest BCUT2D eigenvalue weighted by atomic mass is 19.1. The Bertz CT molecular complexity index is 4090. The summed E-state index contributed by atoms with van der Waals surface area (Å²) in [7, 11) is 0. The fraction of sp³-hybridized carbons (Fsp3) is 0.0141. The van der Waals surface area contributed by atoms with Gasteiger partial charge >= 0.3 is 0 Å². The molecule has 1 aromatic heterocycles. The van der Waals surface area contributed by atoms with E-state index in [9.17, 15) is 4.39 Å². The summed E-state index contributed by atoms with van der Waals surface area (Å²) in [4.78, 5) is 2.23. The van der Waals surface area contributed by atoms with E-state index in [1.54, 1.807) is 0 Å². The number of rotatable bonds is 12. The van der Waals surface area contributed by atoms with Crippen LogP contribution in [0.2, 0.25) is 0 Å². The first-order valence-corrected chi connectivity index (χ1v) is 25.3. The predicted molar refractivity (Wildman–Crippen MR) is 310 cm³/mol. The molecule has 0 radical (unpaired) electrons. The van der Waals surface area contributed by atoms with E-state index >= 15 is 0 Å². The van der Waals surface area contributed by atoms with Crippen LogP contribution < -0.4 is 9.64 Å². The van der Waals surface area contributed by atoms with Crippen molar-refractivity contribution in [1.29, 1.82) is 0 Å². The van der Waals surface area contributed by atoms with E-state index in [1.807, 2.05) is 48.6 Å². The molecule has 0 saturated carbocycles. The first kappa shape index (κ1) is 45.1.